The fourth-order valence-corrected chi connectivity index (χ4v) is 4.47. The van der Waals surface area contributed by atoms with E-state index in [2.05, 4.69) is 15.3 Å². The van der Waals surface area contributed by atoms with Crippen molar-refractivity contribution in [2.75, 3.05) is 20.0 Å². The first-order valence-electron chi connectivity index (χ1n) is 11.1. The third-order valence-electron chi connectivity index (χ3n) is 5.65. The largest absolute Gasteiger partial charge is 0.493 e. The van der Waals surface area contributed by atoms with Gasteiger partial charge in [-0.1, -0.05) is 23.9 Å². The normalized spacial score (nSPS) is 10.9. The maximum atomic E-state index is 13.1. The Labute approximate surface area is 215 Å². The number of methoxy groups -OCH3 is 2. The van der Waals surface area contributed by atoms with Crippen molar-refractivity contribution < 1.29 is 18.7 Å². The lowest BCUT2D eigenvalue weighted by molar-refractivity contribution is -0.118. The number of halogens is 1. The van der Waals surface area contributed by atoms with Crippen LogP contribution in [0.25, 0.3) is 22.4 Å². The molecule has 10 nitrogen and oxygen atoms in total. The van der Waals surface area contributed by atoms with Crippen LogP contribution in [0.3, 0.4) is 0 Å². The molecule has 0 aliphatic rings. The van der Waals surface area contributed by atoms with Crippen molar-refractivity contribution in [3.8, 4) is 22.9 Å². The predicted molar refractivity (Wildman–Crippen MR) is 138 cm³/mol. The minimum absolute atomic E-state index is 0.0509. The van der Waals surface area contributed by atoms with Crippen LogP contribution in [0.4, 0.5) is 4.39 Å². The number of ether oxygens (including phenoxy) is 2. The molecular weight excluding hydrogens is 501 g/mol. The number of aryl methyl sites for hydroxylation is 1. The van der Waals surface area contributed by atoms with Gasteiger partial charge in [0.15, 0.2) is 23.0 Å². The summed E-state index contributed by atoms with van der Waals surface area (Å²) < 4.78 is 26.0. The maximum absolute atomic E-state index is 13.1. The summed E-state index contributed by atoms with van der Waals surface area (Å²) in [5.74, 6) is 0.491. The summed E-state index contributed by atoms with van der Waals surface area (Å²) >= 11 is 1.05. The molecule has 0 aliphatic heterocycles. The molecule has 1 N–H and O–H groups in total. The number of aromatic nitrogens is 4. The van der Waals surface area contributed by atoms with Crippen LogP contribution in [0.2, 0.25) is 0 Å². The van der Waals surface area contributed by atoms with Crippen molar-refractivity contribution in [1.29, 1.82) is 0 Å². The van der Waals surface area contributed by atoms with Crippen LogP contribution in [0.15, 0.2) is 57.1 Å². The van der Waals surface area contributed by atoms with Gasteiger partial charge in [0.2, 0.25) is 5.91 Å². The first kappa shape index (κ1) is 25.9. The average Bonchev–Trinajstić information content (AvgIpc) is 2.92. The van der Waals surface area contributed by atoms with Gasteiger partial charge in [-0.25, -0.2) is 19.2 Å². The van der Waals surface area contributed by atoms with E-state index in [4.69, 9.17) is 9.47 Å². The van der Waals surface area contributed by atoms with Crippen LogP contribution < -0.4 is 26.0 Å². The highest BCUT2D eigenvalue weighted by atomic mass is 32.2. The van der Waals surface area contributed by atoms with Gasteiger partial charge in [-0.2, -0.15) is 0 Å². The fraction of sp³-hybridized carbons (Fsp3) is 0.240. The molecule has 1 amide bonds. The minimum Gasteiger partial charge on any atom is -0.493 e. The van der Waals surface area contributed by atoms with E-state index in [0.717, 1.165) is 21.9 Å². The molecule has 2 aromatic carbocycles. The Kier molecular flexibility index (Phi) is 7.58. The zero-order valence-electron chi connectivity index (χ0n) is 20.6. The highest BCUT2D eigenvalue weighted by Gasteiger charge is 2.20. The Hall–Kier alpha value is -4.19. The van der Waals surface area contributed by atoms with Crippen LogP contribution in [0.5, 0.6) is 11.5 Å². The lowest BCUT2D eigenvalue weighted by Gasteiger charge is -2.13. The lowest BCUT2D eigenvalue weighted by atomic mass is 10.2. The fourth-order valence-electron chi connectivity index (χ4n) is 3.63. The molecule has 0 fully saturated rings. The Balaban J connectivity index is 1.71. The van der Waals surface area contributed by atoms with Crippen LogP contribution in [0.1, 0.15) is 5.56 Å². The highest BCUT2D eigenvalue weighted by Crippen LogP contribution is 2.32. The average molecular weight is 526 g/mol. The number of fused-ring (bicyclic) bond motifs is 1. The van der Waals surface area contributed by atoms with Gasteiger partial charge in [-0.3, -0.25) is 18.7 Å². The molecule has 0 radical (unpaired) electrons. The summed E-state index contributed by atoms with van der Waals surface area (Å²) in [6, 6.07) is 10.9. The third-order valence-corrected chi connectivity index (χ3v) is 6.63. The number of thioether (sulfide) groups is 1. The molecular formula is C25H24FN5O5S. The van der Waals surface area contributed by atoms with Crippen molar-refractivity contribution >= 4 is 28.7 Å². The van der Waals surface area contributed by atoms with Gasteiger partial charge in [-0.15, -0.1) is 0 Å². The number of hydrogen-bond donors (Lipinski definition) is 1. The van der Waals surface area contributed by atoms with Crippen LogP contribution >= 0.6 is 11.8 Å². The summed E-state index contributed by atoms with van der Waals surface area (Å²) in [6.45, 7) is 0.220. The Morgan fingerprint density at radius 1 is 1.00 bits per heavy atom. The van der Waals surface area contributed by atoms with E-state index in [1.807, 2.05) is 0 Å². The second kappa shape index (κ2) is 10.8. The van der Waals surface area contributed by atoms with Crippen molar-refractivity contribution in [1.82, 2.24) is 24.4 Å². The topological polar surface area (TPSA) is 117 Å². The second-order valence-corrected chi connectivity index (χ2v) is 8.98. The highest BCUT2D eigenvalue weighted by molar-refractivity contribution is 8.00. The van der Waals surface area contributed by atoms with Gasteiger partial charge in [0, 0.05) is 26.2 Å². The van der Waals surface area contributed by atoms with Gasteiger partial charge in [0.05, 0.1) is 20.0 Å². The molecule has 0 aliphatic carbocycles. The number of amides is 1. The number of carbonyl (C=O) groups excluding carboxylic acids is 1. The minimum atomic E-state index is -0.564. The summed E-state index contributed by atoms with van der Waals surface area (Å²) in [7, 11) is 5.91. The molecule has 0 unspecified atom stereocenters. The van der Waals surface area contributed by atoms with Gasteiger partial charge < -0.3 is 14.8 Å². The van der Waals surface area contributed by atoms with Crippen LogP contribution in [-0.4, -0.2) is 45.0 Å². The van der Waals surface area contributed by atoms with E-state index in [-0.39, 0.29) is 45.9 Å². The van der Waals surface area contributed by atoms with Gasteiger partial charge in [0.25, 0.3) is 5.56 Å². The summed E-state index contributed by atoms with van der Waals surface area (Å²) in [5, 5.41) is 3.15. The lowest BCUT2D eigenvalue weighted by Crippen LogP contribution is -2.37. The first-order chi connectivity index (χ1) is 17.7. The monoisotopic (exact) mass is 525 g/mol. The molecule has 4 aromatic rings. The van der Waals surface area contributed by atoms with E-state index < -0.39 is 11.2 Å². The van der Waals surface area contributed by atoms with E-state index in [0.29, 0.717) is 17.1 Å². The Morgan fingerprint density at radius 2 is 1.70 bits per heavy atom. The van der Waals surface area contributed by atoms with Crippen molar-refractivity contribution in [3.63, 3.8) is 0 Å². The predicted octanol–water partition coefficient (Wildman–Crippen LogP) is 2.26. The van der Waals surface area contributed by atoms with Gasteiger partial charge in [0.1, 0.15) is 16.2 Å². The number of hydrogen-bond acceptors (Lipinski definition) is 8. The summed E-state index contributed by atoms with van der Waals surface area (Å²) in [4.78, 5) is 47.3. The molecule has 0 spiro atoms. The molecule has 0 bridgehead atoms. The van der Waals surface area contributed by atoms with E-state index in [9.17, 15) is 18.8 Å². The number of rotatable bonds is 8. The smallest absolute Gasteiger partial charge is 0.332 e. The van der Waals surface area contributed by atoms with Crippen LogP contribution in [-0.2, 0) is 25.4 Å². The first-order valence-corrected chi connectivity index (χ1v) is 12.1. The van der Waals surface area contributed by atoms with E-state index >= 15 is 0 Å². The summed E-state index contributed by atoms with van der Waals surface area (Å²) in [5.41, 5.74) is 0.345. The third kappa shape index (κ3) is 5.33. The molecule has 2 aromatic heterocycles. The zero-order valence-corrected chi connectivity index (χ0v) is 21.4. The number of carbonyl (C=O) groups is 1. The molecule has 4 rings (SSSR count). The standard InChI is InChI=1S/C25H24FN5O5S/c1-30-22-20(24(33)31(2)25(30)34)23(37-13-19(32)27-12-14-5-8-16(26)9-6-14)29-21(28-22)15-7-10-17(35-3)18(11-15)36-4/h5-11H,12-13H2,1-4H3,(H,27,32). The molecule has 37 heavy (non-hydrogen) atoms. The van der Waals surface area contributed by atoms with Crippen LogP contribution in [0, 0.1) is 5.82 Å². The SMILES string of the molecule is COc1ccc(-c2nc(SCC(=O)NCc3ccc(F)cc3)c3c(=O)n(C)c(=O)n(C)c3n2)cc1OC. The number of nitrogens with one attached hydrogen (secondary N) is 1. The maximum Gasteiger partial charge on any atom is 0.332 e. The summed E-state index contributed by atoms with van der Waals surface area (Å²) in [6.07, 6.45) is 0. The Bertz CT molecular complexity index is 1600. The van der Waals surface area contributed by atoms with Crippen molar-refractivity contribution in [3.05, 3.63) is 74.7 Å². The van der Waals surface area contributed by atoms with Crippen molar-refractivity contribution in [2.24, 2.45) is 14.1 Å². The molecule has 0 saturated carbocycles. The van der Waals surface area contributed by atoms with E-state index in [1.54, 1.807) is 30.3 Å². The second-order valence-electron chi connectivity index (χ2n) is 8.02. The van der Waals surface area contributed by atoms with Crippen molar-refractivity contribution in [2.45, 2.75) is 11.6 Å². The van der Waals surface area contributed by atoms with Gasteiger partial charge in [-0.05, 0) is 35.9 Å². The quantitative estimate of drug-likeness (QED) is 0.275. The molecule has 192 valence electrons. The Morgan fingerprint density at radius 3 is 2.38 bits per heavy atom. The molecule has 0 saturated heterocycles. The molecule has 12 heteroatoms. The van der Waals surface area contributed by atoms with Gasteiger partial charge >= 0.3 is 5.69 Å². The number of nitrogens with zero attached hydrogens (tertiary/aromatic N) is 4. The van der Waals surface area contributed by atoms with E-state index in [1.165, 1.54) is 45.0 Å². The molecule has 2 heterocycles. The zero-order chi connectivity index (χ0) is 26.7. The number of benzene rings is 2. The molecule has 0 atom stereocenters.